The molecule has 8 nitrogen and oxygen atoms in total. The van der Waals surface area contributed by atoms with E-state index in [9.17, 15) is 22.4 Å². The number of halogens is 4. The fourth-order valence-electron chi connectivity index (χ4n) is 5.98. The van der Waals surface area contributed by atoms with E-state index in [-0.39, 0.29) is 30.0 Å². The molecule has 2 atom stereocenters. The first kappa shape index (κ1) is 32.2. The molecule has 0 amide bonds. The maximum atomic E-state index is 14.3. The van der Waals surface area contributed by atoms with Crippen molar-refractivity contribution in [2.75, 3.05) is 49.5 Å². The number of piperazine rings is 1. The highest BCUT2D eigenvalue weighted by atomic mass is 32.1. The summed E-state index contributed by atoms with van der Waals surface area (Å²) in [6.07, 6.45) is 1.82. The van der Waals surface area contributed by atoms with Crippen LogP contribution in [-0.2, 0) is 12.7 Å². The molecule has 5 rings (SSSR count). The smallest absolute Gasteiger partial charge is 0.361 e. The van der Waals surface area contributed by atoms with Crippen LogP contribution in [0.3, 0.4) is 0 Å². The van der Waals surface area contributed by atoms with E-state index >= 15 is 0 Å². The standard InChI is InChI=1S/C31H39F4N7OS/c1-4-9-40-11-12-42(21(3)18-40)28-17-37-25(16-38-28)26(43)7-8-36-30-39-29(27(44-30)19-41-10-5-6-20(41)2)22-13-23(31(33,34)35)15-24(32)14-22/h13-17,20-21H,4-12,18-19H2,1-3H3,(H,36,39)/t20-,21-/m1/s1. The minimum absolute atomic E-state index is 0.0796. The lowest BCUT2D eigenvalue weighted by atomic mass is 10.1. The molecule has 3 aromatic rings. The van der Waals surface area contributed by atoms with Gasteiger partial charge in [-0.1, -0.05) is 6.92 Å². The van der Waals surface area contributed by atoms with Crippen molar-refractivity contribution in [3.63, 3.8) is 0 Å². The Balaban J connectivity index is 1.25. The van der Waals surface area contributed by atoms with Gasteiger partial charge in [0, 0.05) is 61.7 Å². The summed E-state index contributed by atoms with van der Waals surface area (Å²) in [5.74, 6) is -0.395. The number of nitrogens with zero attached hydrogens (tertiary/aromatic N) is 6. The molecule has 13 heteroatoms. The number of likely N-dealkylation sites (tertiary alicyclic amines) is 1. The first-order valence-corrected chi connectivity index (χ1v) is 16.0. The van der Waals surface area contributed by atoms with Gasteiger partial charge < -0.3 is 10.2 Å². The Morgan fingerprint density at radius 2 is 1.91 bits per heavy atom. The van der Waals surface area contributed by atoms with Crippen LogP contribution >= 0.6 is 11.3 Å². The number of hydrogen-bond donors (Lipinski definition) is 1. The quantitative estimate of drug-likeness (QED) is 0.194. The number of benzene rings is 1. The number of aromatic nitrogens is 3. The van der Waals surface area contributed by atoms with Gasteiger partial charge in [0.2, 0.25) is 0 Å². The molecule has 0 unspecified atom stereocenters. The Kier molecular flexibility index (Phi) is 10.2. The molecular formula is C31H39F4N7OS. The van der Waals surface area contributed by atoms with Crippen molar-refractivity contribution in [1.82, 2.24) is 24.8 Å². The van der Waals surface area contributed by atoms with E-state index in [0.717, 1.165) is 74.8 Å². The number of carbonyl (C=O) groups excluding carboxylic acids is 1. The molecule has 2 aliphatic heterocycles. The van der Waals surface area contributed by atoms with E-state index in [1.54, 1.807) is 6.20 Å². The van der Waals surface area contributed by atoms with E-state index in [0.29, 0.717) is 35.5 Å². The van der Waals surface area contributed by atoms with Crippen LogP contribution in [-0.4, -0.2) is 81.9 Å². The predicted molar refractivity (Wildman–Crippen MR) is 165 cm³/mol. The topological polar surface area (TPSA) is 77.5 Å². The highest BCUT2D eigenvalue weighted by molar-refractivity contribution is 7.16. The summed E-state index contributed by atoms with van der Waals surface area (Å²) in [4.78, 5) is 34.0. The first-order valence-electron chi connectivity index (χ1n) is 15.2. The molecule has 0 aliphatic carbocycles. The van der Waals surface area contributed by atoms with Gasteiger partial charge >= 0.3 is 6.18 Å². The van der Waals surface area contributed by atoms with Gasteiger partial charge in [0.15, 0.2) is 10.9 Å². The fraction of sp³-hybridized carbons (Fsp3) is 0.548. The van der Waals surface area contributed by atoms with Crippen LogP contribution < -0.4 is 10.2 Å². The van der Waals surface area contributed by atoms with Gasteiger partial charge in [-0.05, 0) is 64.4 Å². The maximum Gasteiger partial charge on any atom is 0.416 e. The van der Waals surface area contributed by atoms with E-state index in [4.69, 9.17) is 0 Å². The Bertz CT molecular complexity index is 1430. The third-order valence-electron chi connectivity index (χ3n) is 8.33. The van der Waals surface area contributed by atoms with Crippen LogP contribution in [0.1, 0.15) is 67.4 Å². The molecule has 2 aliphatic rings. The zero-order valence-corrected chi connectivity index (χ0v) is 26.1. The van der Waals surface area contributed by atoms with Gasteiger partial charge in [-0.15, -0.1) is 11.3 Å². The van der Waals surface area contributed by atoms with E-state index < -0.39 is 17.6 Å². The number of ketones is 1. The van der Waals surface area contributed by atoms with Crippen molar-refractivity contribution in [3.8, 4) is 11.3 Å². The Hall–Kier alpha value is -3.16. The predicted octanol–water partition coefficient (Wildman–Crippen LogP) is 6.35. The van der Waals surface area contributed by atoms with Crippen LogP contribution in [0.2, 0.25) is 0 Å². The average Bonchev–Trinajstić information content (AvgIpc) is 3.58. The van der Waals surface area contributed by atoms with Crippen molar-refractivity contribution in [3.05, 3.63) is 52.5 Å². The number of carbonyl (C=O) groups is 1. The van der Waals surface area contributed by atoms with E-state index in [1.165, 1.54) is 17.5 Å². The third kappa shape index (κ3) is 7.73. The van der Waals surface area contributed by atoms with Crippen molar-refractivity contribution in [2.24, 2.45) is 0 Å². The second-order valence-electron chi connectivity index (χ2n) is 11.7. The lowest BCUT2D eigenvalue weighted by Gasteiger charge is -2.40. The zero-order chi connectivity index (χ0) is 31.4. The second-order valence-corrected chi connectivity index (χ2v) is 12.8. The van der Waals surface area contributed by atoms with Crippen molar-refractivity contribution in [2.45, 2.75) is 71.3 Å². The number of thiazole rings is 1. The Morgan fingerprint density at radius 3 is 2.57 bits per heavy atom. The van der Waals surface area contributed by atoms with Gasteiger partial charge in [-0.3, -0.25) is 14.6 Å². The Labute approximate surface area is 259 Å². The first-order chi connectivity index (χ1) is 21.0. The van der Waals surface area contributed by atoms with Crippen LogP contribution in [0, 0.1) is 5.82 Å². The molecule has 238 valence electrons. The molecule has 0 bridgehead atoms. The van der Waals surface area contributed by atoms with Gasteiger partial charge in [-0.25, -0.2) is 19.3 Å². The number of Topliss-reactive ketones (excluding diaryl/α,β-unsaturated/α-hetero) is 1. The fourth-order valence-corrected chi connectivity index (χ4v) is 7.01. The highest BCUT2D eigenvalue weighted by Gasteiger charge is 2.32. The molecule has 1 aromatic carbocycles. The minimum Gasteiger partial charge on any atom is -0.361 e. The largest absolute Gasteiger partial charge is 0.416 e. The monoisotopic (exact) mass is 633 g/mol. The number of hydrogen-bond acceptors (Lipinski definition) is 9. The maximum absolute atomic E-state index is 14.3. The number of rotatable bonds is 11. The zero-order valence-electron chi connectivity index (χ0n) is 25.3. The molecule has 2 aromatic heterocycles. The number of anilines is 2. The van der Waals surface area contributed by atoms with Crippen molar-refractivity contribution >= 4 is 28.1 Å². The minimum atomic E-state index is -4.68. The van der Waals surface area contributed by atoms with Gasteiger partial charge in [0.05, 0.1) is 23.7 Å². The molecule has 2 saturated heterocycles. The van der Waals surface area contributed by atoms with Gasteiger partial charge in [0.1, 0.15) is 17.3 Å². The third-order valence-corrected chi connectivity index (χ3v) is 9.33. The summed E-state index contributed by atoms with van der Waals surface area (Å²) in [7, 11) is 0. The van der Waals surface area contributed by atoms with Crippen LogP contribution in [0.5, 0.6) is 0 Å². The molecular weight excluding hydrogens is 594 g/mol. The van der Waals surface area contributed by atoms with Crippen molar-refractivity contribution < 1.29 is 22.4 Å². The SMILES string of the molecule is CCCN1CCN(c2cnc(C(=O)CCNc3nc(-c4cc(F)cc(C(F)(F)F)c4)c(CN4CCC[C@H]4C)s3)cn2)[C@H](C)C1. The summed E-state index contributed by atoms with van der Waals surface area (Å²) in [6, 6.07) is 3.15. The molecule has 0 spiro atoms. The van der Waals surface area contributed by atoms with Crippen LogP contribution in [0.25, 0.3) is 11.3 Å². The van der Waals surface area contributed by atoms with Crippen LogP contribution in [0.15, 0.2) is 30.6 Å². The average molecular weight is 634 g/mol. The summed E-state index contributed by atoms with van der Waals surface area (Å²) < 4.78 is 54.7. The molecule has 0 radical (unpaired) electrons. The molecule has 4 heterocycles. The second kappa shape index (κ2) is 13.9. The Morgan fingerprint density at radius 1 is 1.09 bits per heavy atom. The normalized spacial score (nSPS) is 19.9. The summed E-state index contributed by atoms with van der Waals surface area (Å²) in [6.45, 7) is 12.0. The summed E-state index contributed by atoms with van der Waals surface area (Å²) >= 11 is 1.32. The summed E-state index contributed by atoms with van der Waals surface area (Å²) in [5.41, 5.74) is -0.382. The van der Waals surface area contributed by atoms with E-state index in [2.05, 4.69) is 55.7 Å². The molecule has 1 N–H and O–H groups in total. The van der Waals surface area contributed by atoms with E-state index in [1.807, 2.05) is 0 Å². The molecule has 44 heavy (non-hydrogen) atoms. The van der Waals surface area contributed by atoms with Gasteiger partial charge in [0.25, 0.3) is 0 Å². The number of nitrogens with one attached hydrogen (secondary N) is 1. The number of alkyl halides is 3. The lowest BCUT2D eigenvalue weighted by Crippen LogP contribution is -2.52. The lowest BCUT2D eigenvalue weighted by molar-refractivity contribution is -0.137. The summed E-state index contributed by atoms with van der Waals surface area (Å²) in [5, 5.41) is 3.61. The molecule has 0 saturated carbocycles. The van der Waals surface area contributed by atoms with Crippen LogP contribution in [0.4, 0.5) is 28.5 Å². The van der Waals surface area contributed by atoms with Crippen molar-refractivity contribution in [1.29, 1.82) is 0 Å². The highest BCUT2D eigenvalue weighted by Crippen LogP contribution is 2.37. The van der Waals surface area contributed by atoms with Gasteiger partial charge in [-0.2, -0.15) is 13.2 Å². The molecule has 2 fully saturated rings.